The van der Waals surface area contributed by atoms with E-state index in [4.69, 9.17) is 13.3 Å². The Balaban J connectivity index is 4.16. The van der Waals surface area contributed by atoms with Crippen molar-refractivity contribution in [1.82, 2.24) is 0 Å². The largest absolute Gasteiger partial charge is 0.677 e. The van der Waals surface area contributed by atoms with Crippen LogP contribution in [0.4, 0.5) is 13.2 Å². The Morgan fingerprint density at radius 1 is 1.18 bits per heavy atom. The molecule has 0 aromatic rings. The second-order valence-corrected chi connectivity index (χ2v) is 5.33. The van der Waals surface area contributed by atoms with E-state index in [1.54, 1.807) is 13.8 Å². The number of alkyl halides is 3. The minimum atomic E-state index is -4.23. The van der Waals surface area contributed by atoms with Crippen LogP contribution in [0.15, 0.2) is 0 Å². The van der Waals surface area contributed by atoms with E-state index >= 15 is 0 Å². The summed E-state index contributed by atoms with van der Waals surface area (Å²) in [6, 6.07) is 0. The van der Waals surface area contributed by atoms with Gasteiger partial charge in [-0.2, -0.15) is 13.2 Å². The van der Waals surface area contributed by atoms with Crippen LogP contribution < -0.4 is 0 Å². The average molecular weight is 276 g/mol. The maximum atomic E-state index is 12.0. The van der Waals surface area contributed by atoms with Crippen LogP contribution in [0.25, 0.3) is 0 Å². The molecule has 0 aliphatic carbocycles. The van der Waals surface area contributed by atoms with Gasteiger partial charge in [0, 0.05) is 25.7 Å². The van der Waals surface area contributed by atoms with Crippen molar-refractivity contribution in [2.24, 2.45) is 0 Å². The van der Waals surface area contributed by atoms with Crippen LogP contribution in [-0.2, 0) is 13.3 Å². The van der Waals surface area contributed by atoms with Gasteiger partial charge in [-0.25, -0.2) is 0 Å². The van der Waals surface area contributed by atoms with Crippen LogP contribution in [-0.4, -0.2) is 39.3 Å². The number of hydrogen-bond donors (Lipinski definition) is 1. The molecule has 4 nitrogen and oxygen atoms in total. The zero-order chi connectivity index (χ0) is 13.5. The van der Waals surface area contributed by atoms with Gasteiger partial charge in [0.15, 0.2) is 0 Å². The molecule has 1 unspecified atom stereocenters. The molecule has 0 aliphatic rings. The van der Waals surface area contributed by atoms with E-state index in [-0.39, 0.29) is 19.6 Å². The fraction of sp³-hybridized carbons (Fsp3) is 1.00. The Labute approximate surface area is 100 Å². The quantitative estimate of drug-likeness (QED) is 0.691. The van der Waals surface area contributed by atoms with Crippen molar-refractivity contribution >= 4 is 9.05 Å². The van der Waals surface area contributed by atoms with Crippen LogP contribution in [0.1, 0.15) is 33.6 Å². The third-order valence-electron chi connectivity index (χ3n) is 1.84. The Morgan fingerprint density at radius 3 is 2.00 bits per heavy atom. The van der Waals surface area contributed by atoms with Gasteiger partial charge in [-0.15, -0.1) is 0 Å². The highest BCUT2D eigenvalue weighted by Crippen LogP contribution is 2.24. The first-order chi connectivity index (χ1) is 7.72. The minimum absolute atomic E-state index is 0.175. The van der Waals surface area contributed by atoms with E-state index in [1.807, 2.05) is 0 Å². The third-order valence-corrected chi connectivity index (χ3v) is 3.85. The molecular weight excluding hydrogens is 257 g/mol. The van der Waals surface area contributed by atoms with Crippen LogP contribution in [0.3, 0.4) is 0 Å². The molecule has 0 aromatic heterocycles. The Morgan fingerprint density at radius 2 is 1.65 bits per heavy atom. The summed E-state index contributed by atoms with van der Waals surface area (Å²) in [7, 11) is -3.78. The number of hydrogen-bond acceptors (Lipinski definition) is 4. The van der Waals surface area contributed by atoms with Crippen molar-refractivity contribution in [3.05, 3.63) is 0 Å². The lowest BCUT2D eigenvalue weighted by Gasteiger charge is -2.25. The van der Waals surface area contributed by atoms with Gasteiger partial charge in [-0.1, -0.05) is 0 Å². The Kier molecular flexibility index (Phi) is 7.25. The maximum absolute atomic E-state index is 12.0. The second-order valence-electron chi connectivity index (χ2n) is 3.47. The minimum Gasteiger partial charge on any atom is -0.367 e. The van der Waals surface area contributed by atoms with Gasteiger partial charge in [0.2, 0.25) is 0 Å². The zero-order valence-corrected chi connectivity index (χ0v) is 11.2. The SMILES string of the molecule is CCO[Si](O)(OCC)OC(C)CCC(F)(F)F. The van der Waals surface area contributed by atoms with Gasteiger partial charge in [-0.05, 0) is 27.2 Å². The summed E-state index contributed by atoms with van der Waals surface area (Å²) in [4.78, 5) is 9.80. The molecule has 0 amide bonds. The molecule has 0 aromatic carbocycles. The van der Waals surface area contributed by atoms with E-state index in [1.165, 1.54) is 6.92 Å². The first kappa shape index (κ1) is 16.8. The van der Waals surface area contributed by atoms with E-state index in [0.717, 1.165) is 0 Å². The highest BCUT2D eigenvalue weighted by Gasteiger charge is 2.42. The molecule has 17 heavy (non-hydrogen) atoms. The summed E-state index contributed by atoms with van der Waals surface area (Å²) in [5, 5.41) is 0. The molecule has 0 spiro atoms. The van der Waals surface area contributed by atoms with Gasteiger partial charge < -0.3 is 18.1 Å². The molecule has 104 valence electrons. The molecule has 0 heterocycles. The first-order valence-corrected chi connectivity index (χ1v) is 7.14. The van der Waals surface area contributed by atoms with Crippen LogP contribution >= 0.6 is 0 Å². The van der Waals surface area contributed by atoms with E-state index in [9.17, 15) is 18.0 Å². The zero-order valence-electron chi connectivity index (χ0n) is 10.2. The molecule has 1 N–H and O–H groups in total. The maximum Gasteiger partial charge on any atom is 0.677 e. The summed E-state index contributed by atoms with van der Waals surface area (Å²) in [6.07, 6.45) is -6.20. The molecule has 0 bridgehead atoms. The fourth-order valence-corrected chi connectivity index (χ4v) is 2.73. The van der Waals surface area contributed by atoms with Crippen molar-refractivity contribution in [3.63, 3.8) is 0 Å². The van der Waals surface area contributed by atoms with Gasteiger partial charge in [0.05, 0.1) is 0 Å². The lowest BCUT2D eigenvalue weighted by atomic mass is 10.2. The molecule has 0 saturated carbocycles. The molecule has 0 aliphatic heterocycles. The van der Waals surface area contributed by atoms with Crippen molar-refractivity contribution in [1.29, 1.82) is 0 Å². The highest BCUT2D eigenvalue weighted by atomic mass is 28.4. The van der Waals surface area contributed by atoms with Crippen molar-refractivity contribution in [2.75, 3.05) is 13.2 Å². The Bertz CT molecular complexity index is 207. The lowest BCUT2D eigenvalue weighted by molar-refractivity contribution is -0.141. The monoisotopic (exact) mass is 276 g/mol. The van der Waals surface area contributed by atoms with E-state index < -0.39 is 27.7 Å². The molecule has 8 heteroatoms. The third kappa shape index (κ3) is 8.55. The average Bonchev–Trinajstić information content (AvgIpc) is 2.14. The predicted molar refractivity (Wildman–Crippen MR) is 57.1 cm³/mol. The standard InChI is InChI=1S/C9H19F3O4Si/c1-4-14-17(13,15-5-2)16-8(3)6-7-9(10,11)12/h8,13H,4-7H2,1-3H3. The molecule has 0 radical (unpaired) electrons. The van der Waals surface area contributed by atoms with Gasteiger partial charge in [-0.3, -0.25) is 0 Å². The van der Waals surface area contributed by atoms with E-state index in [0.29, 0.717) is 0 Å². The molecule has 0 rings (SSSR count). The van der Waals surface area contributed by atoms with Crippen LogP contribution in [0.2, 0.25) is 0 Å². The summed E-state index contributed by atoms with van der Waals surface area (Å²) in [5.74, 6) is 0. The van der Waals surface area contributed by atoms with Crippen molar-refractivity contribution < 1.29 is 31.2 Å². The van der Waals surface area contributed by atoms with Crippen LogP contribution in [0, 0.1) is 0 Å². The molecule has 0 saturated heterocycles. The molecular formula is C9H19F3O4Si. The van der Waals surface area contributed by atoms with Crippen molar-refractivity contribution in [3.8, 4) is 0 Å². The van der Waals surface area contributed by atoms with E-state index in [2.05, 4.69) is 0 Å². The smallest absolute Gasteiger partial charge is 0.367 e. The van der Waals surface area contributed by atoms with Crippen molar-refractivity contribution in [2.45, 2.75) is 45.9 Å². The Hall–Kier alpha value is -0.153. The fourth-order valence-electron chi connectivity index (χ4n) is 1.15. The molecule has 1 atom stereocenters. The summed E-state index contributed by atoms with van der Waals surface area (Å²) in [6.45, 7) is 5.08. The second kappa shape index (κ2) is 7.32. The summed E-state index contributed by atoms with van der Waals surface area (Å²) < 4.78 is 50.9. The number of halogens is 3. The van der Waals surface area contributed by atoms with Gasteiger partial charge in [0.25, 0.3) is 0 Å². The number of rotatable bonds is 8. The first-order valence-electron chi connectivity index (χ1n) is 5.47. The predicted octanol–water partition coefficient (Wildman–Crippen LogP) is 2.23. The van der Waals surface area contributed by atoms with Crippen LogP contribution in [0.5, 0.6) is 0 Å². The van der Waals surface area contributed by atoms with Gasteiger partial charge in [0.1, 0.15) is 0 Å². The molecule has 0 fully saturated rings. The van der Waals surface area contributed by atoms with Gasteiger partial charge >= 0.3 is 15.2 Å². The normalized spacial score (nSPS) is 15.0. The topological polar surface area (TPSA) is 47.9 Å². The lowest BCUT2D eigenvalue weighted by Crippen LogP contribution is -2.48. The summed E-state index contributed by atoms with van der Waals surface area (Å²) in [5.41, 5.74) is 0. The summed E-state index contributed by atoms with van der Waals surface area (Å²) >= 11 is 0. The highest BCUT2D eigenvalue weighted by molar-refractivity contribution is 6.51.